The summed E-state index contributed by atoms with van der Waals surface area (Å²) in [5.74, 6) is 0. The van der Waals surface area contributed by atoms with Gasteiger partial charge < -0.3 is 5.32 Å². The van der Waals surface area contributed by atoms with Crippen molar-refractivity contribution in [2.75, 3.05) is 5.32 Å². The first-order chi connectivity index (χ1) is 5.24. The van der Waals surface area contributed by atoms with Crippen LogP contribution in [0.4, 0.5) is 5.69 Å². The fourth-order valence-electron chi connectivity index (χ4n) is 0.654. The van der Waals surface area contributed by atoms with Gasteiger partial charge in [0, 0.05) is 9.26 Å². The van der Waals surface area contributed by atoms with Crippen molar-refractivity contribution in [1.82, 2.24) is 0 Å². The van der Waals surface area contributed by atoms with Crippen molar-refractivity contribution >= 4 is 46.3 Å². The van der Waals surface area contributed by atoms with Gasteiger partial charge in [0.15, 0.2) is 0 Å². The zero-order chi connectivity index (χ0) is 8.27. The lowest BCUT2D eigenvalue weighted by molar-refractivity contribution is -0.105. The van der Waals surface area contributed by atoms with Crippen LogP contribution in [0.3, 0.4) is 0 Å². The van der Waals surface area contributed by atoms with E-state index in [4.69, 9.17) is 11.6 Å². The Kier molecular flexibility index (Phi) is 3.14. The van der Waals surface area contributed by atoms with Crippen molar-refractivity contribution in [2.24, 2.45) is 0 Å². The number of hydrogen-bond acceptors (Lipinski definition) is 1. The Bertz CT molecular complexity index is 277. The predicted molar refractivity (Wildman–Crippen MR) is 53.9 cm³/mol. The second kappa shape index (κ2) is 3.92. The third kappa shape index (κ3) is 2.34. The minimum Gasteiger partial charge on any atom is -0.329 e. The monoisotopic (exact) mass is 281 g/mol. The number of rotatable bonds is 2. The van der Waals surface area contributed by atoms with E-state index < -0.39 is 0 Å². The van der Waals surface area contributed by atoms with Crippen molar-refractivity contribution in [3.05, 3.63) is 26.8 Å². The molecule has 0 atom stereocenters. The van der Waals surface area contributed by atoms with Crippen LogP contribution in [0.2, 0.25) is 5.02 Å². The maximum absolute atomic E-state index is 10.0. The zero-order valence-corrected chi connectivity index (χ0v) is 8.39. The van der Waals surface area contributed by atoms with E-state index in [2.05, 4.69) is 27.9 Å². The molecule has 11 heavy (non-hydrogen) atoms. The smallest absolute Gasteiger partial charge is 0.211 e. The Hall–Kier alpha value is -0.290. The van der Waals surface area contributed by atoms with Gasteiger partial charge in [-0.3, -0.25) is 4.79 Å². The summed E-state index contributed by atoms with van der Waals surface area (Å²) in [5, 5.41) is 3.23. The highest BCUT2D eigenvalue weighted by atomic mass is 127. The molecule has 0 fully saturated rings. The molecular weight excluding hydrogens is 276 g/mol. The SMILES string of the molecule is O=CNc1ccc(Cl)c(I)c1. The lowest BCUT2D eigenvalue weighted by Gasteiger charge is -1.99. The van der Waals surface area contributed by atoms with Crippen LogP contribution in [0.1, 0.15) is 0 Å². The third-order valence-corrected chi connectivity index (χ3v) is 2.69. The van der Waals surface area contributed by atoms with Crippen LogP contribution in [0.15, 0.2) is 18.2 Å². The van der Waals surface area contributed by atoms with E-state index in [1.165, 1.54) is 0 Å². The average Bonchev–Trinajstić information content (AvgIpc) is 1.98. The number of halogens is 2. The lowest BCUT2D eigenvalue weighted by atomic mass is 10.3. The Labute approximate surface area is 83.1 Å². The largest absolute Gasteiger partial charge is 0.329 e. The molecule has 0 saturated carbocycles. The molecule has 0 unspecified atom stereocenters. The first-order valence-electron chi connectivity index (χ1n) is 2.89. The first kappa shape index (κ1) is 8.80. The van der Waals surface area contributed by atoms with Gasteiger partial charge in [0.2, 0.25) is 6.41 Å². The maximum Gasteiger partial charge on any atom is 0.211 e. The number of carbonyl (C=O) groups is 1. The van der Waals surface area contributed by atoms with Gasteiger partial charge in [0.25, 0.3) is 0 Å². The summed E-state index contributed by atoms with van der Waals surface area (Å²) in [4.78, 5) is 10.0. The number of anilines is 1. The number of benzene rings is 1. The Morgan fingerprint density at radius 1 is 1.55 bits per heavy atom. The van der Waals surface area contributed by atoms with Gasteiger partial charge in [-0.05, 0) is 40.8 Å². The quantitative estimate of drug-likeness (QED) is 0.655. The minimum absolute atomic E-state index is 0.638. The summed E-state index contributed by atoms with van der Waals surface area (Å²) in [6, 6.07) is 5.30. The molecule has 0 aliphatic heterocycles. The number of carbonyl (C=O) groups excluding carboxylic acids is 1. The Balaban J connectivity index is 2.95. The van der Waals surface area contributed by atoms with Crippen LogP contribution in [0, 0.1) is 3.57 Å². The van der Waals surface area contributed by atoms with Gasteiger partial charge in [0.1, 0.15) is 0 Å². The summed E-state index contributed by atoms with van der Waals surface area (Å²) in [6.07, 6.45) is 0.638. The summed E-state index contributed by atoms with van der Waals surface area (Å²) < 4.78 is 0.927. The molecule has 0 aliphatic rings. The number of amides is 1. The van der Waals surface area contributed by atoms with E-state index in [1.807, 2.05) is 0 Å². The zero-order valence-electron chi connectivity index (χ0n) is 5.47. The molecule has 0 heterocycles. The molecule has 4 heteroatoms. The maximum atomic E-state index is 10.0. The third-order valence-electron chi connectivity index (χ3n) is 1.15. The van der Waals surface area contributed by atoms with Crippen LogP contribution in [-0.4, -0.2) is 6.41 Å². The topological polar surface area (TPSA) is 29.1 Å². The van der Waals surface area contributed by atoms with Crippen molar-refractivity contribution in [1.29, 1.82) is 0 Å². The van der Waals surface area contributed by atoms with Crippen molar-refractivity contribution in [2.45, 2.75) is 0 Å². The van der Waals surface area contributed by atoms with Crippen LogP contribution in [0.5, 0.6) is 0 Å². The van der Waals surface area contributed by atoms with Crippen LogP contribution in [0.25, 0.3) is 0 Å². The highest BCUT2D eigenvalue weighted by Gasteiger charge is 1.96. The van der Waals surface area contributed by atoms with Crippen molar-refractivity contribution in [3.8, 4) is 0 Å². The van der Waals surface area contributed by atoms with Crippen molar-refractivity contribution < 1.29 is 4.79 Å². The molecular formula is C7H5ClINO. The molecule has 0 saturated heterocycles. The molecule has 1 aromatic carbocycles. The van der Waals surface area contributed by atoms with E-state index >= 15 is 0 Å². The molecule has 0 aliphatic carbocycles. The highest BCUT2D eigenvalue weighted by Crippen LogP contribution is 2.21. The predicted octanol–water partition coefficient (Wildman–Crippen LogP) is 2.51. The van der Waals surface area contributed by atoms with E-state index in [9.17, 15) is 4.79 Å². The van der Waals surface area contributed by atoms with Gasteiger partial charge in [-0.15, -0.1) is 0 Å². The Morgan fingerprint density at radius 2 is 2.27 bits per heavy atom. The summed E-state index contributed by atoms with van der Waals surface area (Å²) in [6.45, 7) is 0. The molecule has 2 nitrogen and oxygen atoms in total. The summed E-state index contributed by atoms with van der Waals surface area (Å²) >= 11 is 7.86. The van der Waals surface area contributed by atoms with Crippen LogP contribution < -0.4 is 5.32 Å². The normalized spacial score (nSPS) is 9.27. The van der Waals surface area contributed by atoms with Crippen LogP contribution in [-0.2, 0) is 4.79 Å². The second-order valence-corrected chi connectivity index (χ2v) is 3.46. The van der Waals surface area contributed by atoms with Gasteiger partial charge in [-0.25, -0.2) is 0 Å². The molecule has 58 valence electrons. The molecule has 0 radical (unpaired) electrons. The molecule has 1 aromatic rings. The first-order valence-corrected chi connectivity index (χ1v) is 4.35. The molecule has 1 amide bonds. The average molecular weight is 281 g/mol. The summed E-state index contributed by atoms with van der Waals surface area (Å²) in [7, 11) is 0. The van der Waals surface area contributed by atoms with Gasteiger partial charge in [-0.2, -0.15) is 0 Å². The molecule has 0 spiro atoms. The summed E-state index contributed by atoms with van der Waals surface area (Å²) in [5.41, 5.74) is 0.758. The lowest BCUT2D eigenvalue weighted by Crippen LogP contribution is -1.93. The van der Waals surface area contributed by atoms with Gasteiger partial charge in [0.05, 0.1) is 5.02 Å². The molecule has 0 aromatic heterocycles. The highest BCUT2D eigenvalue weighted by molar-refractivity contribution is 14.1. The molecule has 1 N–H and O–H groups in total. The fourth-order valence-corrected chi connectivity index (χ4v) is 1.29. The number of hydrogen-bond donors (Lipinski definition) is 1. The standard InChI is InChI=1S/C7H5ClINO/c8-6-2-1-5(10-4-11)3-7(6)9/h1-4H,(H,10,11). The minimum atomic E-state index is 0.638. The molecule has 0 bridgehead atoms. The Morgan fingerprint density at radius 3 is 2.82 bits per heavy atom. The van der Waals surface area contributed by atoms with E-state index in [0.29, 0.717) is 11.4 Å². The fraction of sp³-hybridized carbons (Fsp3) is 0. The molecule has 1 rings (SSSR count). The van der Waals surface area contributed by atoms with E-state index in [-0.39, 0.29) is 0 Å². The van der Waals surface area contributed by atoms with Crippen molar-refractivity contribution in [3.63, 3.8) is 0 Å². The van der Waals surface area contributed by atoms with Crippen LogP contribution >= 0.6 is 34.2 Å². The van der Waals surface area contributed by atoms with E-state index in [1.54, 1.807) is 18.2 Å². The van der Waals surface area contributed by atoms with Gasteiger partial charge in [-0.1, -0.05) is 11.6 Å². The number of nitrogens with one attached hydrogen (secondary N) is 1. The van der Waals surface area contributed by atoms with E-state index in [0.717, 1.165) is 9.26 Å². The second-order valence-electron chi connectivity index (χ2n) is 1.89. The van der Waals surface area contributed by atoms with Gasteiger partial charge >= 0.3 is 0 Å².